The highest BCUT2D eigenvalue weighted by Crippen LogP contribution is 2.45. The summed E-state index contributed by atoms with van der Waals surface area (Å²) in [6, 6.07) is 5.11. The lowest BCUT2D eigenvalue weighted by atomic mass is 9.99. The van der Waals surface area contributed by atoms with Crippen LogP contribution < -0.4 is 9.47 Å². The standard InChI is InChI=1S/C30H32O20/c31-7-17-22(39)24(41)26(43)29(49-17)47-15-4-10(32)3-14-11(15)5-16(28(46-14)9-1-12(33)21(38)13(34)2-9)48-30-27(44)25(42)23(40)18(50-30)8-45-20(37)6-19(35)36/h1-5,17-18,22-27,29-31,39-44H,6-8H2,(H4-,32,33,34,35,36,38)/p+1/t17-,18-,22-,23-,24+,25+,26-,27-,29-,30-/m1/s1. The number of carboxylic acids is 1. The van der Waals surface area contributed by atoms with E-state index in [0.29, 0.717) is 0 Å². The fraction of sp³-hybridized carbons (Fsp3) is 0.433. The fourth-order valence-corrected chi connectivity index (χ4v) is 5.21. The molecule has 0 amide bonds. The first kappa shape index (κ1) is 36.5. The summed E-state index contributed by atoms with van der Waals surface area (Å²) in [5.41, 5.74) is -0.387. The number of phenolic OH excluding ortho intramolecular Hbond substituents is 4. The third kappa shape index (κ3) is 7.38. The summed E-state index contributed by atoms with van der Waals surface area (Å²) >= 11 is 0. The van der Waals surface area contributed by atoms with Gasteiger partial charge in [0.1, 0.15) is 78.7 Å². The number of aliphatic carboxylic acids is 1. The molecule has 2 aliphatic rings. The van der Waals surface area contributed by atoms with Gasteiger partial charge in [0, 0.05) is 24.3 Å². The quantitative estimate of drug-likeness (QED) is 0.0450. The van der Waals surface area contributed by atoms with E-state index in [2.05, 4.69) is 0 Å². The second-order valence-corrected chi connectivity index (χ2v) is 11.4. The molecule has 20 heteroatoms. The number of rotatable bonds is 10. The van der Waals surface area contributed by atoms with Crippen LogP contribution in [0.15, 0.2) is 34.7 Å². The Morgan fingerprint density at radius 3 is 1.86 bits per heavy atom. The summed E-state index contributed by atoms with van der Waals surface area (Å²) in [5.74, 6) is -6.85. The average molecular weight is 714 g/mol. The van der Waals surface area contributed by atoms with Gasteiger partial charge in [-0.05, 0) is 0 Å². The molecule has 0 unspecified atom stereocenters. The number of hydrogen-bond donors (Lipinski definition) is 12. The third-order valence-electron chi connectivity index (χ3n) is 7.84. The molecule has 2 fully saturated rings. The molecular formula is C30H33O20+. The van der Waals surface area contributed by atoms with Crippen LogP contribution in [0.25, 0.3) is 22.3 Å². The molecule has 1 aromatic heterocycles. The zero-order valence-corrected chi connectivity index (χ0v) is 25.4. The zero-order chi connectivity index (χ0) is 36.6. The summed E-state index contributed by atoms with van der Waals surface area (Å²) in [6.07, 6.45) is -18.9. The second kappa shape index (κ2) is 14.6. The monoisotopic (exact) mass is 713 g/mol. The minimum absolute atomic E-state index is 0.0873. The van der Waals surface area contributed by atoms with Crippen molar-refractivity contribution in [2.45, 2.75) is 67.8 Å². The highest BCUT2D eigenvalue weighted by atomic mass is 16.7. The lowest BCUT2D eigenvalue weighted by molar-refractivity contribution is -0.278. The van der Waals surface area contributed by atoms with Gasteiger partial charge in [0.2, 0.25) is 18.3 Å². The lowest BCUT2D eigenvalue weighted by Crippen LogP contribution is -2.60. The Labute approximate surface area is 279 Å². The number of phenols is 4. The molecular weight excluding hydrogens is 680 g/mol. The first-order valence-electron chi connectivity index (χ1n) is 14.7. The Kier molecular flexibility index (Phi) is 10.7. The van der Waals surface area contributed by atoms with E-state index in [1.54, 1.807) is 0 Å². The largest absolute Gasteiger partial charge is 0.507 e. The Hall–Kier alpha value is -4.77. The molecule has 2 aromatic carbocycles. The summed E-state index contributed by atoms with van der Waals surface area (Å²) in [7, 11) is 0. The van der Waals surface area contributed by atoms with E-state index in [0.717, 1.165) is 30.3 Å². The minimum Gasteiger partial charge on any atom is -0.507 e. The number of ether oxygens (including phenoxy) is 5. The molecule has 0 bridgehead atoms. The molecule has 0 saturated carbocycles. The first-order valence-corrected chi connectivity index (χ1v) is 14.7. The van der Waals surface area contributed by atoms with Crippen molar-refractivity contribution in [2.24, 2.45) is 0 Å². The van der Waals surface area contributed by atoms with Crippen molar-refractivity contribution in [2.75, 3.05) is 13.2 Å². The number of aliphatic hydroxyl groups excluding tert-OH is 7. The van der Waals surface area contributed by atoms with Crippen LogP contribution in [0.5, 0.6) is 34.5 Å². The summed E-state index contributed by atoms with van der Waals surface area (Å²) in [5, 5.41) is 122. The van der Waals surface area contributed by atoms with Crippen molar-refractivity contribution >= 4 is 22.9 Å². The number of esters is 1. The number of aliphatic hydroxyl groups is 7. The van der Waals surface area contributed by atoms with Crippen LogP contribution in [0.4, 0.5) is 0 Å². The van der Waals surface area contributed by atoms with E-state index < -0.39 is 122 Å². The van der Waals surface area contributed by atoms with Crippen molar-refractivity contribution < 1.29 is 99.0 Å². The number of carbonyl (C=O) groups excluding carboxylic acids is 1. The maximum Gasteiger partial charge on any atom is 0.402 e. The van der Waals surface area contributed by atoms with Crippen LogP contribution >= 0.6 is 0 Å². The molecule has 0 aliphatic carbocycles. The van der Waals surface area contributed by atoms with Gasteiger partial charge >= 0.3 is 23.3 Å². The molecule has 12 N–H and O–H groups in total. The molecule has 2 aliphatic heterocycles. The van der Waals surface area contributed by atoms with Gasteiger partial charge in [-0.15, -0.1) is 0 Å². The SMILES string of the molecule is O=C(O)CC(=O)OC[C@H]1O[C@@H](Oc2cc3c(O[C@@H]4O[C@H](CO)[C@@H](O)[C@H](O)[C@H]4O)cc(O)cc3[o+]c2-c2cc(O)c(O)c(O)c2)[C@H](O)[C@@H](O)[C@@H]1O. The topological polar surface area (TPSA) is 334 Å². The first-order chi connectivity index (χ1) is 23.6. The van der Waals surface area contributed by atoms with Crippen LogP contribution in [0, 0.1) is 0 Å². The highest BCUT2D eigenvalue weighted by Gasteiger charge is 2.47. The fourth-order valence-electron chi connectivity index (χ4n) is 5.21. The van der Waals surface area contributed by atoms with Gasteiger partial charge in [-0.1, -0.05) is 0 Å². The molecule has 5 rings (SSSR count). The van der Waals surface area contributed by atoms with Crippen LogP contribution in [0.1, 0.15) is 6.42 Å². The van der Waals surface area contributed by atoms with Gasteiger partial charge in [0.15, 0.2) is 17.2 Å². The number of hydrogen-bond acceptors (Lipinski definition) is 18. The second-order valence-electron chi connectivity index (χ2n) is 11.4. The molecule has 10 atom stereocenters. The number of fused-ring (bicyclic) bond motifs is 1. The third-order valence-corrected chi connectivity index (χ3v) is 7.84. The highest BCUT2D eigenvalue weighted by molar-refractivity contribution is 5.90. The number of carbonyl (C=O) groups is 2. The van der Waals surface area contributed by atoms with Crippen LogP contribution in [0.3, 0.4) is 0 Å². The Balaban J connectivity index is 1.57. The molecule has 0 radical (unpaired) electrons. The normalized spacial score (nSPS) is 29.7. The lowest BCUT2D eigenvalue weighted by Gasteiger charge is -2.39. The molecule has 2 saturated heterocycles. The number of aromatic hydroxyl groups is 4. The molecule has 0 spiro atoms. The van der Waals surface area contributed by atoms with Gasteiger partial charge in [0.05, 0.1) is 18.2 Å². The number of carboxylic acid groups (broad SMARTS) is 1. The van der Waals surface area contributed by atoms with Gasteiger partial charge < -0.3 is 85.0 Å². The smallest absolute Gasteiger partial charge is 0.402 e. The maximum absolute atomic E-state index is 11.8. The van der Waals surface area contributed by atoms with E-state index in [9.17, 15) is 65.8 Å². The average Bonchev–Trinajstić information content (AvgIpc) is 3.06. The van der Waals surface area contributed by atoms with Gasteiger partial charge in [-0.2, -0.15) is 0 Å². The molecule has 20 nitrogen and oxygen atoms in total. The maximum atomic E-state index is 11.8. The van der Waals surface area contributed by atoms with E-state index in [4.69, 9.17) is 33.2 Å². The van der Waals surface area contributed by atoms with Gasteiger partial charge in [-0.25, -0.2) is 4.42 Å². The van der Waals surface area contributed by atoms with Crippen molar-refractivity contribution in [3.8, 4) is 45.8 Å². The predicted molar refractivity (Wildman–Crippen MR) is 158 cm³/mol. The van der Waals surface area contributed by atoms with E-state index in [-0.39, 0.29) is 28.0 Å². The summed E-state index contributed by atoms with van der Waals surface area (Å²) < 4.78 is 33.3. The Morgan fingerprint density at radius 2 is 1.28 bits per heavy atom. The molecule has 272 valence electrons. The van der Waals surface area contributed by atoms with Crippen LogP contribution in [0.2, 0.25) is 0 Å². The Bertz CT molecular complexity index is 1710. The zero-order valence-electron chi connectivity index (χ0n) is 25.4. The van der Waals surface area contributed by atoms with Gasteiger partial charge in [-0.3, -0.25) is 9.59 Å². The van der Waals surface area contributed by atoms with Crippen molar-refractivity contribution in [1.29, 1.82) is 0 Å². The van der Waals surface area contributed by atoms with E-state index in [1.165, 1.54) is 0 Å². The van der Waals surface area contributed by atoms with Gasteiger partial charge in [0.25, 0.3) is 0 Å². The Morgan fingerprint density at radius 1 is 0.720 bits per heavy atom. The molecule has 3 aromatic rings. The van der Waals surface area contributed by atoms with Crippen molar-refractivity contribution in [3.63, 3.8) is 0 Å². The molecule has 50 heavy (non-hydrogen) atoms. The van der Waals surface area contributed by atoms with Crippen LogP contribution in [-0.2, 0) is 23.8 Å². The summed E-state index contributed by atoms with van der Waals surface area (Å²) in [4.78, 5) is 22.6. The van der Waals surface area contributed by atoms with Crippen molar-refractivity contribution in [3.05, 3.63) is 30.3 Å². The van der Waals surface area contributed by atoms with E-state index in [1.807, 2.05) is 0 Å². The number of benzene rings is 2. The van der Waals surface area contributed by atoms with Crippen LogP contribution in [-0.4, -0.2) is 148 Å². The van der Waals surface area contributed by atoms with Crippen molar-refractivity contribution in [1.82, 2.24) is 0 Å². The minimum atomic E-state index is -2.01. The predicted octanol–water partition coefficient (Wildman–Crippen LogP) is -2.41. The van der Waals surface area contributed by atoms with E-state index >= 15 is 0 Å². The molecule has 3 heterocycles. The summed E-state index contributed by atoms with van der Waals surface area (Å²) in [6.45, 7) is -1.57.